The molecule has 0 aliphatic heterocycles. The zero-order valence-corrected chi connectivity index (χ0v) is 17.8. The Kier molecular flexibility index (Phi) is 6.46. The Labute approximate surface area is 173 Å². The Morgan fingerprint density at radius 2 is 1.68 bits per heavy atom. The van der Waals surface area contributed by atoms with Gasteiger partial charge in [-0.2, -0.15) is 5.10 Å². The summed E-state index contributed by atoms with van der Waals surface area (Å²) >= 11 is 3.47. The van der Waals surface area contributed by atoms with Gasteiger partial charge in [0.2, 0.25) is 0 Å². The maximum Gasteiger partial charge on any atom is 0.141 e. The first-order valence-electron chi connectivity index (χ1n) is 8.96. The van der Waals surface area contributed by atoms with Crippen molar-refractivity contribution in [2.75, 3.05) is 13.2 Å². The summed E-state index contributed by atoms with van der Waals surface area (Å²) in [6.07, 6.45) is 4.75. The van der Waals surface area contributed by atoms with Gasteiger partial charge in [0.25, 0.3) is 0 Å². The number of benzene rings is 2. The minimum absolute atomic E-state index is 0.133. The van der Waals surface area contributed by atoms with Crippen molar-refractivity contribution in [1.29, 1.82) is 0 Å². The van der Waals surface area contributed by atoms with E-state index >= 15 is 0 Å². The quantitative estimate of drug-likeness (QED) is 0.393. The second kappa shape index (κ2) is 9.01. The molecule has 0 atom stereocenters. The lowest BCUT2D eigenvalue weighted by molar-refractivity contribution is 0.217. The summed E-state index contributed by atoms with van der Waals surface area (Å²) in [5.41, 5.74) is 2.26. The zero-order chi connectivity index (χ0) is 20.0. The fourth-order valence-electron chi connectivity index (χ4n) is 2.50. The Morgan fingerprint density at radius 1 is 1.00 bits per heavy atom. The lowest BCUT2D eigenvalue weighted by Crippen LogP contribution is -2.12. The summed E-state index contributed by atoms with van der Waals surface area (Å²) in [5, 5.41) is 11.7. The summed E-state index contributed by atoms with van der Waals surface area (Å²) in [6.45, 7) is 7.46. The molecule has 28 heavy (non-hydrogen) atoms. The highest BCUT2D eigenvalue weighted by Gasteiger charge is 2.13. The van der Waals surface area contributed by atoms with Gasteiger partial charge in [-0.3, -0.25) is 0 Å². The van der Waals surface area contributed by atoms with Gasteiger partial charge >= 0.3 is 0 Å². The smallest absolute Gasteiger partial charge is 0.141 e. The fourth-order valence-corrected chi connectivity index (χ4v) is 2.88. The van der Waals surface area contributed by atoms with Gasteiger partial charge in [-0.15, -0.1) is 10.2 Å². The van der Waals surface area contributed by atoms with Crippen LogP contribution in [0, 0.1) is 0 Å². The first-order chi connectivity index (χ1) is 13.4. The van der Waals surface area contributed by atoms with Crippen LogP contribution in [-0.2, 0) is 5.41 Å². The largest absolute Gasteiger partial charge is 0.490 e. The van der Waals surface area contributed by atoms with Crippen LogP contribution in [0.25, 0.3) is 0 Å². The number of nitrogens with zero attached hydrogens (tertiary/aromatic N) is 4. The van der Waals surface area contributed by atoms with Crippen LogP contribution in [0.5, 0.6) is 11.5 Å². The molecule has 1 heterocycles. The maximum atomic E-state index is 5.88. The Bertz CT molecular complexity index is 917. The van der Waals surface area contributed by atoms with Gasteiger partial charge in [-0.1, -0.05) is 48.8 Å². The van der Waals surface area contributed by atoms with E-state index in [0.717, 1.165) is 21.5 Å². The van der Waals surface area contributed by atoms with E-state index in [4.69, 9.17) is 9.47 Å². The van der Waals surface area contributed by atoms with Gasteiger partial charge < -0.3 is 9.47 Å². The van der Waals surface area contributed by atoms with Gasteiger partial charge in [0.15, 0.2) is 0 Å². The minimum Gasteiger partial charge on any atom is -0.490 e. The van der Waals surface area contributed by atoms with Crippen molar-refractivity contribution in [2.24, 2.45) is 5.10 Å². The van der Waals surface area contributed by atoms with Crippen LogP contribution in [0.2, 0.25) is 0 Å². The number of rotatable bonds is 7. The average Bonchev–Trinajstić information content (AvgIpc) is 3.18. The molecule has 0 amide bonds. The van der Waals surface area contributed by atoms with E-state index in [1.165, 1.54) is 22.9 Å². The number of ether oxygens (including phenoxy) is 2. The molecule has 0 spiro atoms. The molecule has 2 aromatic carbocycles. The van der Waals surface area contributed by atoms with Gasteiger partial charge in [-0.05, 0) is 41.3 Å². The molecule has 0 aliphatic rings. The highest BCUT2D eigenvalue weighted by molar-refractivity contribution is 9.10. The second-order valence-electron chi connectivity index (χ2n) is 7.24. The molecule has 0 aliphatic carbocycles. The van der Waals surface area contributed by atoms with E-state index in [9.17, 15) is 0 Å². The van der Waals surface area contributed by atoms with E-state index in [0.29, 0.717) is 13.2 Å². The summed E-state index contributed by atoms with van der Waals surface area (Å²) in [6, 6.07) is 14.0. The fraction of sp³-hybridized carbons (Fsp3) is 0.286. The van der Waals surface area contributed by atoms with Crippen molar-refractivity contribution < 1.29 is 9.47 Å². The molecule has 3 rings (SSSR count). The third kappa shape index (κ3) is 5.66. The second-order valence-corrected chi connectivity index (χ2v) is 8.16. The van der Waals surface area contributed by atoms with Gasteiger partial charge in [0.1, 0.15) is 37.4 Å². The molecule has 0 saturated heterocycles. The molecule has 6 nitrogen and oxygen atoms in total. The van der Waals surface area contributed by atoms with Crippen LogP contribution >= 0.6 is 15.9 Å². The van der Waals surface area contributed by atoms with Crippen LogP contribution in [-0.4, -0.2) is 34.3 Å². The maximum absolute atomic E-state index is 5.88. The normalized spacial score (nSPS) is 11.7. The Balaban J connectivity index is 1.56. The summed E-state index contributed by atoms with van der Waals surface area (Å²) in [4.78, 5) is 0. The summed E-state index contributed by atoms with van der Waals surface area (Å²) in [7, 11) is 0. The molecule has 0 unspecified atom stereocenters. The number of halogens is 1. The van der Waals surface area contributed by atoms with E-state index in [2.05, 4.69) is 64.1 Å². The van der Waals surface area contributed by atoms with Crippen LogP contribution in [0.4, 0.5) is 0 Å². The van der Waals surface area contributed by atoms with Crippen LogP contribution in [0.15, 0.2) is 64.7 Å². The van der Waals surface area contributed by atoms with Gasteiger partial charge in [0.05, 0.1) is 6.21 Å². The predicted molar refractivity (Wildman–Crippen MR) is 113 cm³/mol. The molecule has 1 aromatic heterocycles. The molecule has 0 bridgehead atoms. The number of aromatic nitrogens is 3. The molecular formula is C21H23BrN4O2. The topological polar surface area (TPSA) is 61.5 Å². The SMILES string of the molecule is CC(C)(C)c1ccc(OCCOc2ccc(Br)cc2/C=N\n2cnnc2)cc1. The Hall–Kier alpha value is -2.67. The third-order valence-corrected chi connectivity index (χ3v) is 4.53. The van der Waals surface area contributed by atoms with Crippen molar-refractivity contribution in [3.63, 3.8) is 0 Å². The van der Waals surface area contributed by atoms with Crippen molar-refractivity contribution in [2.45, 2.75) is 26.2 Å². The minimum atomic E-state index is 0.133. The molecule has 146 valence electrons. The van der Waals surface area contributed by atoms with Crippen LogP contribution < -0.4 is 9.47 Å². The third-order valence-electron chi connectivity index (χ3n) is 4.04. The molecular weight excluding hydrogens is 420 g/mol. The number of hydrogen-bond acceptors (Lipinski definition) is 5. The number of hydrogen-bond donors (Lipinski definition) is 0. The molecule has 0 fully saturated rings. The Morgan fingerprint density at radius 3 is 2.36 bits per heavy atom. The first kappa shape index (κ1) is 20.1. The highest BCUT2D eigenvalue weighted by Crippen LogP contribution is 2.24. The molecule has 0 saturated carbocycles. The van der Waals surface area contributed by atoms with Gasteiger partial charge in [0, 0.05) is 10.0 Å². The standard InChI is InChI=1S/C21H23BrN4O2/c1-21(2,3)17-4-7-19(8-5-17)27-10-11-28-20-9-6-18(22)12-16(20)13-25-26-14-23-24-15-26/h4-9,12-15H,10-11H2,1-3H3/b25-13-. The average molecular weight is 443 g/mol. The van der Waals surface area contributed by atoms with Crippen LogP contribution in [0.1, 0.15) is 31.9 Å². The van der Waals surface area contributed by atoms with E-state index < -0.39 is 0 Å². The molecule has 0 radical (unpaired) electrons. The summed E-state index contributed by atoms with van der Waals surface area (Å²) < 4.78 is 14.1. The van der Waals surface area contributed by atoms with Crippen molar-refractivity contribution in [3.05, 3.63) is 70.7 Å². The predicted octanol–water partition coefficient (Wildman–Crippen LogP) is 4.68. The van der Waals surface area contributed by atoms with Crippen molar-refractivity contribution in [3.8, 4) is 11.5 Å². The lowest BCUT2D eigenvalue weighted by atomic mass is 9.87. The van der Waals surface area contributed by atoms with Crippen molar-refractivity contribution in [1.82, 2.24) is 14.9 Å². The van der Waals surface area contributed by atoms with Crippen LogP contribution in [0.3, 0.4) is 0 Å². The summed E-state index contributed by atoms with van der Waals surface area (Å²) in [5.74, 6) is 1.56. The van der Waals surface area contributed by atoms with Crippen molar-refractivity contribution >= 4 is 22.1 Å². The zero-order valence-electron chi connectivity index (χ0n) is 16.2. The van der Waals surface area contributed by atoms with E-state index in [1.54, 1.807) is 6.21 Å². The highest BCUT2D eigenvalue weighted by atomic mass is 79.9. The molecule has 7 heteroatoms. The first-order valence-corrected chi connectivity index (χ1v) is 9.76. The molecule has 0 N–H and O–H groups in total. The van der Waals surface area contributed by atoms with E-state index in [-0.39, 0.29) is 5.41 Å². The monoisotopic (exact) mass is 442 g/mol. The van der Waals surface area contributed by atoms with E-state index in [1.807, 2.05) is 30.3 Å². The van der Waals surface area contributed by atoms with Gasteiger partial charge in [-0.25, -0.2) is 4.68 Å². The lowest BCUT2D eigenvalue weighted by Gasteiger charge is -2.19. The molecule has 3 aromatic rings.